The molecule has 2 N–H and O–H groups in total. The molecular formula is C33H49N3O4. The second kappa shape index (κ2) is 13.8. The smallest absolute Gasteiger partial charge is 0.408 e. The molecule has 0 spiro atoms. The van der Waals surface area contributed by atoms with Crippen LogP contribution in [0.4, 0.5) is 10.5 Å². The first kappa shape index (κ1) is 32.9. The zero-order valence-electron chi connectivity index (χ0n) is 26.1. The van der Waals surface area contributed by atoms with Gasteiger partial charge in [-0.25, -0.2) is 4.79 Å². The maximum atomic E-state index is 14.6. The highest BCUT2D eigenvalue weighted by molar-refractivity contribution is 5.99. The molecule has 0 aliphatic heterocycles. The number of rotatable bonds is 11. The third-order valence-electron chi connectivity index (χ3n) is 7.52. The highest BCUT2D eigenvalue weighted by atomic mass is 16.6. The Morgan fingerprint density at radius 2 is 1.52 bits per heavy atom. The molecule has 0 radical (unpaired) electrons. The molecule has 0 saturated heterocycles. The van der Waals surface area contributed by atoms with Crippen molar-refractivity contribution in [1.82, 2.24) is 10.2 Å². The number of nitrogens with one attached hydrogen (secondary N) is 2. The Morgan fingerprint density at radius 1 is 0.925 bits per heavy atom. The van der Waals surface area contributed by atoms with Crippen molar-refractivity contribution < 1.29 is 19.1 Å². The number of hydrogen-bond acceptors (Lipinski definition) is 4. The minimum atomic E-state index is -0.931. The van der Waals surface area contributed by atoms with E-state index in [1.807, 2.05) is 90.1 Å². The van der Waals surface area contributed by atoms with Gasteiger partial charge in [0, 0.05) is 11.2 Å². The number of amides is 3. The molecule has 3 atom stereocenters. The number of nitrogens with zero attached hydrogens (tertiary/aromatic N) is 1. The summed E-state index contributed by atoms with van der Waals surface area (Å²) in [6.45, 7) is 19.2. The van der Waals surface area contributed by atoms with Crippen LogP contribution in [0.15, 0.2) is 48.5 Å². The van der Waals surface area contributed by atoms with Crippen molar-refractivity contribution in [2.45, 2.75) is 112 Å². The second-order valence-corrected chi connectivity index (χ2v) is 12.2. The molecule has 0 aliphatic rings. The standard InChI is InChI=1S/C33H49N3O4/c1-11-22(4)27(35-31(39)40-32(6,7)8)30(38)36(33(9,10)13-3)28(25-20-18-24(12-2)19-21-25)29(37)34-26-17-15-14-16-23(26)5/h14-22,27-28H,11-13H2,1-10H3,(H,34,37)(H,35,39). The van der Waals surface area contributed by atoms with E-state index in [2.05, 4.69) is 17.6 Å². The Balaban J connectivity index is 2.67. The molecular weight excluding hydrogens is 502 g/mol. The summed E-state index contributed by atoms with van der Waals surface area (Å²) >= 11 is 0. The Bertz CT molecular complexity index is 1150. The molecule has 2 rings (SSSR count). The van der Waals surface area contributed by atoms with Crippen LogP contribution in [0.2, 0.25) is 0 Å². The Labute approximate surface area is 241 Å². The third kappa shape index (κ3) is 8.57. The maximum Gasteiger partial charge on any atom is 0.408 e. The van der Waals surface area contributed by atoms with Crippen LogP contribution in [0.1, 0.15) is 97.9 Å². The summed E-state index contributed by atoms with van der Waals surface area (Å²) in [5.41, 5.74) is 2.03. The van der Waals surface area contributed by atoms with Crippen LogP contribution in [0.5, 0.6) is 0 Å². The van der Waals surface area contributed by atoms with E-state index in [9.17, 15) is 14.4 Å². The minimum absolute atomic E-state index is 0.197. The van der Waals surface area contributed by atoms with E-state index in [0.717, 1.165) is 17.5 Å². The van der Waals surface area contributed by atoms with Gasteiger partial charge in [-0.1, -0.05) is 76.6 Å². The number of benzene rings is 2. The summed E-state index contributed by atoms with van der Waals surface area (Å²) < 4.78 is 5.51. The van der Waals surface area contributed by atoms with Gasteiger partial charge >= 0.3 is 6.09 Å². The molecule has 220 valence electrons. The second-order valence-electron chi connectivity index (χ2n) is 12.2. The predicted octanol–water partition coefficient (Wildman–Crippen LogP) is 7.19. The Morgan fingerprint density at radius 3 is 2.02 bits per heavy atom. The van der Waals surface area contributed by atoms with Gasteiger partial charge in [0.1, 0.15) is 17.7 Å². The van der Waals surface area contributed by atoms with E-state index in [4.69, 9.17) is 4.74 Å². The van der Waals surface area contributed by atoms with Crippen molar-refractivity contribution in [2.24, 2.45) is 5.92 Å². The summed E-state index contributed by atoms with van der Waals surface area (Å²) in [6, 6.07) is 13.6. The molecule has 7 heteroatoms. The molecule has 3 unspecified atom stereocenters. The normalized spacial score (nSPS) is 14.1. The number of para-hydroxylation sites is 1. The molecule has 7 nitrogen and oxygen atoms in total. The molecule has 0 aliphatic carbocycles. The topological polar surface area (TPSA) is 87.7 Å². The first-order valence-corrected chi connectivity index (χ1v) is 14.4. The van der Waals surface area contributed by atoms with Crippen LogP contribution in [0.3, 0.4) is 0 Å². The molecule has 0 aromatic heterocycles. The molecule has 2 aromatic carbocycles. The molecule has 3 amide bonds. The summed E-state index contributed by atoms with van der Waals surface area (Å²) in [6.07, 6.45) is 1.45. The van der Waals surface area contributed by atoms with Crippen LogP contribution >= 0.6 is 0 Å². The van der Waals surface area contributed by atoms with E-state index in [1.54, 1.807) is 25.7 Å². The monoisotopic (exact) mass is 551 g/mol. The van der Waals surface area contributed by atoms with Crippen LogP contribution in [-0.4, -0.2) is 40.0 Å². The molecule has 0 fully saturated rings. The Hall–Kier alpha value is -3.35. The highest BCUT2D eigenvalue weighted by Crippen LogP contribution is 2.34. The number of anilines is 1. The van der Waals surface area contributed by atoms with E-state index in [-0.39, 0.29) is 17.7 Å². The lowest BCUT2D eigenvalue weighted by Gasteiger charge is -2.45. The van der Waals surface area contributed by atoms with Gasteiger partial charge in [0.05, 0.1) is 0 Å². The van der Waals surface area contributed by atoms with Gasteiger partial charge in [0.2, 0.25) is 5.91 Å². The lowest BCUT2D eigenvalue weighted by molar-refractivity contribution is -0.148. The fourth-order valence-electron chi connectivity index (χ4n) is 4.48. The van der Waals surface area contributed by atoms with E-state index in [0.29, 0.717) is 24.1 Å². The van der Waals surface area contributed by atoms with Gasteiger partial charge in [-0.2, -0.15) is 0 Å². The van der Waals surface area contributed by atoms with E-state index in [1.165, 1.54) is 0 Å². The largest absolute Gasteiger partial charge is 0.444 e. The SMILES string of the molecule is CCc1ccc(C(C(=O)Nc2ccccc2C)N(C(=O)C(NC(=O)OC(C)(C)C)C(C)CC)C(C)(C)CC)cc1. The third-order valence-corrected chi connectivity index (χ3v) is 7.52. The van der Waals surface area contributed by atoms with Crippen molar-refractivity contribution in [3.63, 3.8) is 0 Å². The highest BCUT2D eigenvalue weighted by Gasteiger charge is 2.44. The summed E-state index contributed by atoms with van der Waals surface area (Å²) in [5, 5.41) is 5.92. The summed E-state index contributed by atoms with van der Waals surface area (Å²) in [4.78, 5) is 43.3. The quantitative estimate of drug-likeness (QED) is 0.309. The lowest BCUT2D eigenvalue weighted by atomic mass is 9.89. The van der Waals surface area contributed by atoms with Crippen LogP contribution in [-0.2, 0) is 20.7 Å². The number of hydrogen-bond donors (Lipinski definition) is 2. The van der Waals surface area contributed by atoms with E-state index >= 15 is 0 Å². The fraction of sp³-hybridized carbons (Fsp3) is 0.545. The van der Waals surface area contributed by atoms with Crippen LogP contribution in [0, 0.1) is 12.8 Å². The molecule has 2 aromatic rings. The van der Waals surface area contributed by atoms with Crippen molar-refractivity contribution in [3.05, 3.63) is 65.2 Å². The van der Waals surface area contributed by atoms with E-state index < -0.39 is 29.3 Å². The summed E-state index contributed by atoms with van der Waals surface area (Å²) in [7, 11) is 0. The zero-order valence-corrected chi connectivity index (χ0v) is 26.1. The van der Waals surface area contributed by atoms with Gasteiger partial charge < -0.3 is 20.3 Å². The first-order chi connectivity index (χ1) is 18.6. The lowest BCUT2D eigenvalue weighted by Crippen LogP contribution is -2.60. The van der Waals surface area contributed by atoms with Gasteiger partial charge in [-0.05, 0) is 83.1 Å². The van der Waals surface area contributed by atoms with Gasteiger partial charge in [-0.3, -0.25) is 9.59 Å². The van der Waals surface area contributed by atoms with Crippen molar-refractivity contribution in [1.29, 1.82) is 0 Å². The minimum Gasteiger partial charge on any atom is -0.444 e. The average Bonchev–Trinajstić information content (AvgIpc) is 2.89. The number of aryl methyl sites for hydroxylation is 2. The number of alkyl carbamates (subject to hydrolysis) is 1. The van der Waals surface area contributed by atoms with Gasteiger partial charge in [0.15, 0.2) is 0 Å². The van der Waals surface area contributed by atoms with Gasteiger partial charge in [-0.15, -0.1) is 0 Å². The Kier molecular flexibility index (Phi) is 11.4. The average molecular weight is 552 g/mol. The molecule has 0 bridgehead atoms. The van der Waals surface area contributed by atoms with Crippen molar-refractivity contribution in [2.75, 3.05) is 5.32 Å². The summed E-state index contributed by atoms with van der Waals surface area (Å²) in [5.74, 6) is -0.831. The molecule has 0 saturated carbocycles. The van der Waals surface area contributed by atoms with Crippen molar-refractivity contribution >= 4 is 23.6 Å². The number of carbonyl (C=O) groups is 3. The number of carbonyl (C=O) groups excluding carboxylic acids is 3. The number of ether oxygens (including phenoxy) is 1. The first-order valence-electron chi connectivity index (χ1n) is 14.4. The zero-order chi connectivity index (χ0) is 30.3. The maximum absolute atomic E-state index is 14.6. The van der Waals surface area contributed by atoms with Crippen LogP contribution < -0.4 is 10.6 Å². The molecule has 40 heavy (non-hydrogen) atoms. The predicted molar refractivity (Wildman–Crippen MR) is 162 cm³/mol. The molecule has 0 heterocycles. The fourth-order valence-corrected chi connectivity index (χ4v) is 4.48. The van der Waals surface area contributed by atoms with Gasteiger partial charge in [0.25, 0.3) is 5.91 Å². The van der Waals surface area contributed by atoms with Crippen LogP contribution in [0.25, 0.3) is 0 Å². The van der Waals surface area contributed by atoms with Crippen molar-refractivity contribution in [3.8, 4) is 0 Å².